The highest BCUT2D eigenvalue weighted by Crippen LogP contribution is 2.27. The summed E-state index contributed by atoms with van der Waals surface area (Å²) < 4.78 is 0. The lowest BCUT2D eigenvalue weighted by Gasteiger charge is -2.14. The fraction of sp³-hybridized carbons (Fsp3) is 0.421. The first-order valence-corrected chi connectivity index (χ1v) is 7.80. The number of rotatable bonds is 7. The molecule has 0 spiro atoms. The van der Waals surface area contributed by atoms with Crippen LogP contribution in [-0.4, -0.2) is 6.29 Å². The van der Waals surface area contributed by atoms with Crippen LogP contribution in [0, 0.1) is 0 Å². The molecule has 0 aromatic heterocycles. The van der Waals surface area contributed by atoms with Crippen molar-refractivity contribution in [1.29, 1.82) is 0 Å². The van der Waals surface area contributed by atoms with Crippen LogP contribution in [0.3, 0.4) is 0 Å². The molecule has 0 bridgehead atoms. The third-order valence-electron chi connectivity index (χ3n) is 3.98. The maximum atomic E-state index is 11.6. The van der Waals surface area contributed by atoms with E-state index < -0.39 is 0 Å². The van der Waals surface area contributed by atoms with Gasteiger partial charge in [-0.3, -0.25) is 4.79 Å². The molecule has 0 saturated carbocycles. The standard InChI is InChI=1S/C19H24O/c1-3-5-9-16-13-15-10-7-8-12-17(15)18(11-6-4-2)19(16)14-20/h7-8,10,12-14H,3-6,9,11H2,1-2H3. The van der Waals surface area contributed by atoms with E-state index in [1.807, 2.05) is 0 Å². The Hall–Kier alpha value is -1.63. The fourth-order valence-corrected chi connectivity index (χ4v) is 2.85. The third-order valence-corrected chi connectivity index (χ3v) is 3.98. The monoisotopic (exact) mass is 268 g/mol. The lowest BCUT2D eigenvalue weighted by Crippen LogP contribution is -2.01. The zero-order chi connectivity index (χ0) is 14.4. The Labute approximate surface area is 122 Å². The molecule has 0 saturated heterocycles. The van der Waals surface area contributed by atoms with E-state index >= 15 is 0 Å². The van der Waals surface area contributed by atoms with Crippen molar-refractivity contribution >= 4 is 17.1 Å². The van der Waals surface area contributed by atoms with Gasteiger partial charge in [0, 0.05) is 5.56 Å². The fourth-order valence-electron chi connectivity index (χ4n) is 2.85. The lowest BCUT2D eigenvalue weighted by atomic mass is 9.90. The van der Waals surface area contributed by atoms with E-state index in [2.05, 4.69) is 44.2 Å². The Morgan fingerprint density at radius 3 is 2.40 bits per heavy atom. The highest BCUT2D eigenvalue weighted by molar-refractivity contribution is 5.94. The van der Waals surface area contributed by atoms with Gasteiger partial charge in [0.15, 0.2) is 6.29 Å². The zero-order valence-electron chi connectivity index (χ0n) is 12.6. The summed E-state index contributed by atoms with van der Waals surface area (Å²) in [6.07, 6.45) is 7.69. The number of hydrogen-bond acceptors (Lipinski definition) is 1. The Kier molecular flexibility index (Phi) is 5.34. The number of unbranched alkanes of at least 4 members (excludes halogenated alkanes) is 2. The van der Waals surface area contributed by atoms with Crippen molar-refractivity contribution in [2.24, 2.45) is 0 Å². The van der Waals surface area contributed by atoms with Gasteiger partial charge in [0.05, 0.1) is 0 Å². The van der Waals surface area contributed by atoms with E-state index in [0.29, 0.717) is 0 Å². The summed E-state index contributed by atoms with van der Waals surface area (Å²) in [5, 5.41) is 2.53. The molecule has 2 aromatic carbocycles. The molecule has 0 aliphatic heterocycles. The number of carbonyl (C=O) groups is 1. The van der Waals surface area contributed by atoms with Gasteiger partial charge in [-0.1, -0.05) is 57.0 Å². The van der Waals surface area contributed by atoms with Crippen LogP contribution in [0.4, 0.5) is 0 Å². The Morgan fingerprint density at radius 1 is 1.00 bits per heavy atom. The first-order chi connectivity index (χ1) is 9.81. The second-order valence-corrected chi connectivity index (χ2v) is 5.47. The molecule has 0 radical (unpaired) electrons. The van der Waals surface area contributed by atoms with E-state index in [-0.39, 0.29) is 0 Å². The number of fused-ring (bicyclic) bond motifs is 1. The average molecular weight is 268 g/mol. The van der Waals surface area contributed by atoms with Crippen LogP contribution in [0.15, 0.2) is 30.3 Å². The van der Waals surface area contributed by atoms with E-state index in [1.165, 1.54) is 21.9 Å². The molecular weight excluding hydrogens is 244 g/mol. The molecule has 106 valence electrons. The van der Waals surface area contributed by atoms with Crippen LogP contribution in [0.1, 0.15) is 61.0 Å². The van der Waals surface area contributed by atoms with Gasteiger partial charge in [-0.25, -0.2) is 0 Å². The van der Waals surface area contributed by atoms with Gasteiger partial charge in [0.25, 0.3) is 0 Å². The summed E-state index contributed by atoms with van der Waals surface area (Å²) in [7, 11) is 0. The van der Waals surface area contributed by atoms with Crippen LogP contribution in [-0.2, 0) is 12.8 Å². The molecule has 0 atom stereocenters. The molecule has 0 aliphatic carbocycles. The molecule has 2 rings (SSSR count). The van der Waals surface area contributed by atoms with Crippen LogP contribution in [0.25, 0.3) is 10.8 Å². The predicted molar refractivity (Wildman–Crippen MR) is 86.6 cm³/mol. The zero-order valence-corrected chi connectivity index (χ0v) is 12.6. The largest absolute Gasteiger partial charge is 0.298 e. The summed E-state index contributed by atoms with van der Waals surface area (Å²) in [6.45, 7) is 4.39. The van der Waals surface area contributed by atoms with Crippen molar-refractivity contribution in [3.63, 3.8) is 0 Å². The van der Waals surface area contributed by atoms with E-state index in [0.717, 1.165) is 50.4 Å². The molecule has 0 unspecified atom stereocenters. The van der Waals surface area contributed by atoms with Crippen molar-refractivity contribution in [1.82, 2.24) is 0 Å². The van der Waals surface area contributed by atoms with Crippen molar-refractivity contribution in [3.05, 3.63) is 47.0 Å². The number of benzene rings is 2. The second kappa shape index (κ2) is 7.23. The Morgan fingerprint density at radius 2 is 1.70 bits per heavy atom. The SMILES string of the molecule is CCCCc1cc2ccccc2c(CCCC)c1C=O. The van der Waals surface area contributed by atoms with Crippen molar-refractivity contribution in [2.45, 2.75) is 52.4 Å². The number of aldehydes is 1. The van der Waals surface area contributed by atoms with Crippen LogP contribution >= 0.6 is 0 Å². The van der Waals surface area contributed by atoms with Gasteiger partial charge in [0.2, 0.25) is 0 Å². The number of carbonyl (C=O) groups excluding carboxylic acids is 1. The summed E-state index contributed by atoms with van der Waals surface area (Å²) in [6, 6.07) is 10.7. The molecule has 0 N–H and O–H groups in total. The average Bonchev–Trinajstić information content (AvgIpc) is 2.49. The van der Waals surface area contributed by atoms with Crippen LogP contribution in [0.5, 0.6) is 0 Å². The Balaban J connectivity index is 2.58. The third kappa shape index (κ3) is 3.09. The normalized spacial score (nSPS) is 10.9. The van der Waals surface area contributed by atoms with Crippen LogP contribution in [0.2, 0.25) is 0 Å². The Bertz CT molecular complexity index is 584. The maximum absolute atomic E-state index is 11.6. The summed E-state index contributed by atoms with van der Waals surface area (Å²) >= 11 is 0. The molecular formula is C19H24O. The summed E-state index contributed by atoms with van der Waals surface area (Å²) in [4.78, 5) is 11.6. The molecule has 1 heteroatoms. The van der Waals surface area contributed by atoms with Crippen molar-refractivity contribution in [2.75, 3.05) is 0 Å². The van der Waals surface area contributed by atoms with Gasteiger partial charge >= 0.3 is 0 Å². The first kappa shape index (κ1) is 14.8. The minimum Gasteiger partial charge on any atom is -0.298 e. The molecule has 1 nitrogen and oxygen atoms in total. The van der Waals surface area contributed by atoms with E-state index in [4.69, 9.17) is 0 Å². The van der Waals surface area contributed by atoms with Crippen molar-refractivity contribution in [3.8, 4) is 0 Å². The second-order valence-electron chi connectivity index (χ2n) is 5.47. The van der Waals surface area contributed by atoms with E-state index in [9.17, 15) is 4.79 Å². The predicted octanol–water partition coefficient (Wildman–Crippen LogP) is 5.34. The van der Waals surface area contributed by atoms with Gasteiger partial charge in [-0.2, -0.15) is 0 Å². The maximum Gasteiger partial charge on any atom is 0.150 e. The molecule has 0 heterocycles. The smallest absolute Gasteiger partial charge is 0.150 e. The molecule has 0 fully saturated rings. The van der Waals surface area contributed by atoms with Crippen molar-refractivity contribution < 1.29 is 4.79 Å². The number of aryl methyl sites for hydroxylation is 2. The van der Waals surface area contributed by atoms with Crippen LogP contribution < -0.4 is 0 Å². The minimum atomic E-state index is 0.950. The highest BCUT2D eigenvalue weighted by atomic mass is 16.1. The van der Waals surface area contributed by atoms with Gasteiger partial charge in [-0.15, -0.1) is 0 Å². The quantitative estimate of drug-likeness (QED) is 0.620. The summed E-state index contributed by atoms with van der Waals surface area (Å²) in [5.41, 5.74) is 3.43. The van der Waals surface area contributed by atoms with Gasteiger partial charge in [-0.05, 0) is 47.6 Å². The number of hydrogen-bond donors (Lipinski definition) is 0. The highest BCUT2D eigenvalue weighted by Gasteiger charge is 2.12. The van der Waals surface area contributed by atoms with Gasteiger partial charge in [0.1, 0.15) is 0 Å². The minimum absolute atomic E-state index is 0.950. The molecule has 2 aromatic rings. The molecule has 0 aliphatic rings. The topological polar surface area (TPSA) is 17.1 Å². The lowest BCUT2D eigenvalue weighted by molar-refractivity contribution is 0.112. The first-order valence-electron chi connectivity index (χ1n) is 7.80. The summed E-state index contributed by atoms with van der Waals surface area (Å²) in [5.74, 6) is 0. The van der Waals surface area contributed by atoms with Gasteiger partial charge < -0.3 is 0 Å². The van der Waals surface area contributed by atoms with E-state index in [1.54, 1.807) is 0 Å². The molecule has 20 heavy (non-hydrogen) atoms. The molecule has 0 amide bonds.